The molecule has 18 heavy (non-hydrogen) atoms. The molecular weight excluding hydrogens is 230 g/mol. The van der Waals surface area contributed by atoms with Crippen LogP contribution in [0.25, 0.3) is 0 Å². The molecule has 0 saturated heterocycles. The summed E-state index contributed by atoms with van der Waals surface area (Å²) in [4.78, 5) is 11.9. The Morgan fingerprint density at radius 1 is 1.28 bits per heavy atom. The zero-order valence-electron chi connectivity index (χ0n) is 11.2. The van der Waals surface area contributed by atoms with Gasteiger partial charge in [0.25, 0.3) is 5.91 Å². The highest BCUT2D eigenvalue weighted by atomic mass is 16.5. The Morgan fingerprint density at radius 3 is 2.50 bits per heavy atom. The first kappa shape index (κ1) is 14.4. The molecule has 0 aliphatic rings. The normalized spacial score (nSPS) is 11.7. The van der Waals surface area contributed by atoms with Crippen LogP contribution in [-0.4, -0.2) is 25.7 Å². The van der Waals surface area contributed by atoms with Gasteiger partial charge in [0.05, 0.1) is 7.11 Å². The van der Waals surface area contributed by atoms with Crippen LogP contribution in [-0.2, 0) is 4.79 Å². The summed E-state index contributed by atoms with van der Waals surface area (Å²) in [6.45, 7) is 4.61. The third-order valence-electron chi connectivity index (χ3n) is 2.55. The molecule has 0 bridgehead atoms. The number of para-hydroxylation sites is 2. The second-order valence-electron chi connectivity index (χ2n) is 3.96. The minimum atomic E-state index is -0.479. The number of hydrogen-bond donors (Lipinski definition) is 1. The van der Waals surface area contributed by atoms with Crippen molar-refractivity contribution < 1.29 is 14.3 Å². The molecule has 100 valence electrons. The molecule has 1 aromatic carbocycles. The van der Waals surface area contributed by atoms with Crippen molar-refractivity contribution in [3.8, 4) is 11.5 Å². The van der Waals surface area contributed by atoms with Crippen LogP contribution in [0.4, 0.5) is 0 Å². The van der Waals surface area contributed by atoms with Crippen molar-refractivity contribution in [3.05, 3.63) is 24.3 Å². The quantitative estimate of drug-likeness (QED) is 0.809. The summed E-state index contributed by atoms with van der Waals surface area (Å²) in [5, 5.41) is 2.84. The SMILES string of the molecule is CCCNC(=O)C(CC)Oc1ccccc1OC. The molecule has 0 spiro atoms. The Morgan fingerprint density at radius 2 is 1.94 bits per heavy atom. The lowest BCUT2D eigenvalue weighted by molar-refractivity contribution is -0.128. The van der Waals surface area contributed by atoms with Crippen LogP contribution >= 0.6 is 0 Å². The molecular formula is C14H21NO3. The largest absolute Gasteiger partial charge is 0.493 e. The maximum atomic E-state index is 11.9. The van der Waals surface area contributed by atoms with Gasteiger partial charge in [-0.05, 0) is 25.0 Å². The van der Waals surface area contributed by atoms with E-state index in [1.54, 1.807) is 13.2 Å². The fraction of sp³-hybridized carbons (Fsp3) is 0.500. The van der Waals surface area contributed by atoms with Crippen molar-refractivity contribution in [1.82, 2.24) is 5.32 Å². The Labute approximate surface area is 108 Å². The first-order chi connectivity index (χ1) is 8.72. The number of hydrogen-bond acceptors (Lipinski definition) is 3. The topological polar surface area (TPSA) is 47.6 Å². The van der Waals surface area contributed by atoms with E-state index in [4.69, 9.17) is 9.47 Å². The van der Waals surface area contributed by atoms with Gasteiger partial charge in [0, 0.05) is 6.54 Å². The second kappa shape index (κ2) is 7.58. The highest BCUT2D eigenvalue weighted by molar-refractivity contribution is 5.81. The molecule has 1 atom stereocenters. The molecule has 1 unspecified atom stereocenters. The van der Waals surface area contributed by atoms with Crippen LogP contribution in [0, 0.1) is 0 Å². The van der Waals surface area contributed by atoms with E-state index < -0.39 is 6.10 Å². The Bertz CT molecular complexity index is 379. The molecule has 4 nitrogen and oxygen atoms in total. The lowest BCUT2D eigenvalue weighted by Crippen LogP contribution is -2.38. The molecule has 0 fully saturated rings. The van der Waals surface area contributed by atoms with E-state index in [9.17, 15) is 4.79 Å². The third kappa shape index (κ3) is 3.95. The standard InChI is InChI=1S/C14H21NO3/c1-4-10-15-14(16)11(5-2)18-13-9-7-6-8-12(13)17-3/h6-9,11H,4-5,10H2,1-3H3,(H,15,16). The number of amides is 1. The summed E-state index contributed by atoms with van der Waals surface area (Å²) in [7, 11) is 1.58. The highest BCUT2D eigenvalue weighted by Gasteiger charge is 2.19. The molecule has 1 amide bonds. The van der Waals surface area contributed by atoms with E-state index in [1.165, 1.54) is 0 Å². The van der Waals surface area contributed by atoms with Crippen LogP contribution in [0.2, 0.25) is 0 Å². The van der Waals surface area contributed by atoms with Crippen molar-refractivity contribution in [2.24, 2.45) is 0 Å². The number of methoxy groups -OCH3 is 1. The van der Waals surface area contributed by atoms with Gasteiger partial charge in [-0.2, -0.15) is 0 Å². The van der Waals surface area contributed by atoms with Crippen LogP contribution in [0.1, 0.15) is 26.7 Å². The molecule has 0 aliphatic heterocycles. The van der Waals surface area contributed by atoms with Crippen LogP contribution in [0.5, 0.6) is 11.5 Å². The van der Waals surface area contributed by atoms with Gasteiger partial charge in [0.2, 0.25) is 0 Å². The second-order valence-corrected chi connectivity index (χ2v) is 3.96. The van der Waals surface area contributed by atoms with Gasteiger partial charge in [-0.1, -0.05) is 26.0 Å². The number of carbonyl (C=O) groups excluding carboxylic acids is 1. The fourth-order valence-electron chi connectivity index (χ4n) is 1.55. The van der Waals surface area contributed by atoms with Crippen molar-refractivity contribution in [1.29, 1.82) is 0 Å². The van der Waals surface area contributed by atoms with E-state index >= 15 is 0 Å². The number of ether oxygens (including phenoxy) is 2. The maximum Gasteiger partial charge on any atom is 0.261 e. The summed E-state index contributed by atoms with van der Waals surface area (Å²) in [5.41, 5.74) is 0. The van der Waals surface area contributed by atoms with Gasteiger partial charge in [-0.3, -0.25) is 4.79 Å². The van der Waals surface area contributed by atoms with E-state index in [0.29, 0.717) is 24.5 Å². The molecule has 1 aromatic rings. The van der Waals surface area contributed by atoms with Crippen LogP contribution in [0.3, 0.4) is 0 Å². The minimum absolute atomic E-state index is 0.0785. The maximum absolute atomic E-state index is 11.9. The molecule has 1 rings (SSSR count). The lowest BCUT2D eigenvalue weighted by Gasteiger charge is -2.18. The smallest absolute Gasteiger partial charge is 0.261 e. The van der Waals surface area contributed by atoms with Gasteiger partial charge in [-0.25, -0.2) is 0 Å². The number of carbonyl (C=O) groups is 1. The number of rotatable bonds is 7. The van der Waals surface area contributed by atoms with Crippen LogP contribution in [0.15, 0.2) is 24.3 Å². The first-order valence-corrected chi connectivity index (χ1v) is 6.30. The van der Waals surface area contributed by atoms with Gasteiger partial charge >= 0.3 is 0 Å². The summed E-state index contributed by atoms with van der Waals surface area (Å²) in [5.74, 6) is 1.16. The van der Waals surface area contributed by atoms with Crippen molar-refractivity contribution >= 4 is 5.91 Å². The first-order valence-electron chi connectivity index (χ1n) is 6.30. The molecule has 0 saturated carbocycles. The van der Waals surface area contributed by atoms with E-state index in [1.807, 2.05) is 32.0 Å². The predicted molar refractivity (Wildman–Crippen MR) is 71.0 cm³/mol. The van der Waals surface area contributed by atoms with Crippen molar-refractivity contribution in [2.45, 2.75) is 32.8 Å². The van der Waals surface area contributed by atoms with Crippen molar-refractivity contribution in [3.63, 3.8) is 0 Å². The molecule has 0 aliphatic carbocycles. The Hall–Kier alpha value is -1.71. The molecule has 1 N–H and O–H groups in total. The zero-order chi connectivity index (χ0) is 13.4. The minimum Gasteiger partial charge on any atom is -0.493 e. The lowest BCUT2D eigenvalue weighted by atomic mass is 10.2. The third-order valence-corrected chi connectivity index (χ3v) is 2.55. The van der Waals surface area contributed by atoms with E-state index in [-0.39, 0.29) is 5.91 Å². The number of benzene rings is 1. The van der Waals surface area contributed by atoms with Gasteiger partial charge in [0.15, 0.2) is 17.6 Å². The van der Waals surface area contributed by atoms with Crippen LogP contribution < -0.4 is 14.8 Å². The fourth-order valence-corrected chi connectivity index (χ4v) is 1.55. The molecule has 0 heterocycles. The average molecular weight is 251 g/mol. The molecule has 0 aromatic heterocycles. The predicted octanol–water partition coefficient (Wildman–Crippen LogP) is 2.38. The summed E-state index contributed by atoms with van der Waals surface area (Å²) in [6.07, 6.45) is 1.05. The Balaban J connectivity index is 2.70. The zero-order valence-corrected chi connectivity index (χ0v) is 11.2. The van der Waals surface area contributed by atoms with Gasteiger partial charge in [-0.15, -0.1) is 0 Å². The van der Waals surface area contributed by atoms with Gasteiger partial charge in [0.1, 0.15) is 0 Å². The monoisotopic (exact) mass is 251 g/mol. The summed E-state index contributed by atoms with van der Waals surface area (Å²) >= 11 is 0. The highest BCUT2D eigenvalue weighted by Crippen LogP contribution is 2.27. The van der Waals surface area contributed by atoms with E-state index in [0.717, 1.165) is 6.42 Å². The average Bonchev–Trinajstić information content (AvgIpc) is 2.42. The summed E-state index contributed by atoms with van der Waals surface area (Å²) in [6, 6.07) is 7.33. The number of nitrogens with one attached hydrogen (secondary N) is 1. The summed E-state index contributed by atoms with van der Waals surface area (Å²) < 4.78 is 10.9. The van der Waals surface area contributed by atoms with Crippen molar-refractivity contribution in [2.75, 3.05) is 13.7 Å². The van der Waals surface area contributed by atoms with E-state index in [2.05, 4.69) is 5.32 Å². The molecule has 4 heteroatoms. The molecule has 0 radical (unpaired) electrons. The Kier molecular flexibility index (Phi) is 6.05. The van der Waals surface area contributed by atoms with Gasteiger partial charge < -0.3 is 14.8 Å².